The average molecular weight is 262 g/mol. The van der Waals surface area contributed by atoms with Crippen molar-refractivity contribution in [3.05, 3.63) is 0 Å². The third-order valence-electron chi connectivity index (χ3n) is 3.50. The summed E-state index contributed by atoms with van der Waals surface area (Å²) in [5.74, 6) is 0.477. The quantitative estimate of drug-likeness (QED) is 0.747. The predicted molar refractivity (Wildman–Crippen MR) is 70.3 cm³/mol. The third-order valence-corrected chi connectivity index (χ3v) is 4.01. The summed E-state index contributed by atoms with van der Waals surface area (Å²) in [6.07, 6.45) is 4.84. The minimum absolute atomic E-state index is 0.00121. The highest BCUT2D eigenvalue weighted by molar-refractivity contribution is 6.21. The molecular formula is C13H24ClNO2. The lowest BCUT2D eigenvalue weighted by Crippen LogP contribution is -2.41. The van der Waals surface area contributed by atoms with Gasteiger partial charge in [-0.1, -0.05) is 26.7 Å². The first-order chi connectivity index (χ1) is 8.19. The number of hydrogen-bond donors (Lipinski definition) is 1. The van der Waals surface area contributed by atoms with Crippen molar-refractivity contribution in [1.29, 1.82) is 0 Å². The number of carbonyl (C=O) groups is 1. The van der Waals surface area contributed by atoms with Gasteiger partial charge in [-0.3, -0.25) is 4.79 Å². The number of amides is 1. The lowest BCUT2D eigenvalue weighted by molar-refractivity contribution is -0.135. The van der Waals surface area contributed by atoms with Gasteiger partial charge in [-0.15, -0.1) is 11.6 Å². The molecule has 0 aromatic rings. The molecule has 4 heteroatoms. The van der Waals surface area contributed by atoms with Crippen LogP contribution in [0, 0.1) is 5.92 Å². The first-order valence-electron chi connectivity index (χ1n) is 6.72. The Kier molecular flexibility index (Phi) is 6.90. The molecule has 0 spiro atoms. The van der Waals surface area contributed by atoms with Crippen molar-refractivity contribution in [2.45, 2.75) is 57.4 Å². The Morgan fingerprint density at radius 3 is 2.65 bits per heavy atom. The Labute approximate surface area is 109 Å². The molecule has 1 N–H and O–H groups in total. The van der Waals surface area contributed by atoms with E-state index in [0.29, 0.717) is 19.1 Å². The normalized spacial score (nSPS) is 22.5. The molecule has 100 valence electrons. The Hall–Kier alpha value is -0.280. The van der Waals surface area contributed by atoms with Gasteiger partial charge in [-0.05, 0) is 25.2 Å². The van der Waals surface area contributed by atoms with Crippen molar-refractivity contribution < 1.29 is 9.53 Å². The topological polar surface area (TPSA) is 38.3 Å². The summed E-state index contributed by atoms with van der Waals surface area (Å²) >= 11 is 6.27. The standard InChI is InChI=1S/C13H24ClNO2/c1-3-10(4-2)11(14)9-15-13(16)12-7-5-6-8-17-12/h10-12H,3-9H2,1-2H3,(H,15,16). The second-order valence-corrected chi connectivity index (χ2v) is 5.25. The van der Waals surface area contributed by atoms with Crippen LogP contribution in [0.25, 0.3) is 0 Å². The Balaban J connectivity index is 2.26. The van der Waals surface area contributed by atoms with Gasteiger partial charge in [0.25, 0.3) is 0 Å². The maximum absolute atomic E-state index is 11.8. The van der Waals surface area contributed by atoms with Crippen molar-refractivity contribution in [3.63, 3.8) is 0 Å². The molecule has 0 aromatic heterocycles. The van der Waals surface area contributed by atoms with E-state index in [0.717, 1.165) is 32.1 Å². The maximum Gasteiger partial charge on any atom is 0.249 e. The molecule has 1 heterocycles. The van der Waals surface area contributed by atoms with Gasteiger partial charge in [0.15, 0.2) is 0 Å². The van der Waals surface area contributed by atoms with Crippen LogP contribution in [0.5, 0.6) is 0 Å². The van der Waals surface area contributed by atoms with Crippen molar-refractivity contribution in [2.24, 2.45) is 5.92 Å². The van der Waals surface area contributed by atoms with Crippen molar-refractivity contribution in [2.75, 3.05) is 13.2 Å². The monoisotopic (exact) mass is 261 g/mol. The highest BCUT2D eigenvalue weighted by Crippen LogP contribution is 2.18. The third kappa shape index (κ3) is 4.84. The fourth-order valence-corrected chi connectivity index (χ4v) is 2.66. The molecule has 1 saturated heterocycles. The van der Waals surface area contributed by atoms with E-state index in [9.17, 15) is 4.79 Å². The Morgan fingerprint density at radius 1 is 1.41 bits per heavy atom. The lowest BCUT2D eigenvalue weighted by Gasteiger charge is -2.24. The fourth-order valence-electron chi connectivity index (χ4n) is 2.23. The molecule has 1 fully saturated rings. The van der Waals surface area contributed by atoms with Gasteiger partial charge in [0.05, 0.1) is 5.38 Å². The number of rotatable bonds is 6. The SMILES string of the molecule is CCC(CC)C(Cl)CNC(=O)C1CCCCO1. The Morgan fingerprint density at radius 2 is 2.12 bits per heavy atom. The molecule has 1 amide bonds. The molecule has 1 aliphatic heterocycles. The molecule has 0 bridgehead atoms. The second-order valence-electron chi connectivity index (χ2n) is 4.69. The highest BCUT2D eigenvalue weighted by Gasteiger charge is 2.23. The van der Waals surface area contributed by atoms with Gasteiger partial charge < -0.3 is 10.1 Å². The highest BCUT2D eigenvalue weighted by atomic mass is 35.5. The molecule has 1 rings (SSSR count). The van der Waals surface area contributed by atoms with Crippen molar-refractivity contribution in [3.8, 4) is 0 Å². The number of nitrogens with one attached hydrogen (secondary N) is 1. The largest absolute Gasteiger partial charge is 0.368 e. The van der Waals surface area contributed by atoms with Crippen LogP contribution in [0.1, 0.15) is 46.0 Å². The number of hydrogen-bond acceptors (Lipinski definition) is 2. The van der Waals surface area contributed by atoms with Gasteiger partial charge in [-0.2, -0.15) is 0 Å². The minimum Gasteiger partial charge on any atom is -0.368 e. The van der Waals surface area contributed by atoms with E-state index >= 15 is 0 Å². The number of carbonyl (C=O) groups excluding carboxylic acids is 1. The van der Waals surface area contributed by atoms with Crippen LogP contribution in [0.3, 0.4) is 0 Å². The van der Waals surface area contributed by atoms with Gasteiger partial charge in [0, 0.05) is 13.2 Å². The molecule has 2 unspecified atom stereocenters. The molecule has 17 heavy (non-hydrogen) atoms. The van der Waals surface area contributed by atoms with E-state index in [2.05, 4.69) is 19.2 Å². The summed E-state index contributed by atoms with van der Waals surface area (Å²) in [6, 6.07) is 0. The van der Waals surface area contributed by atoms with Crippen LogP contribution in [0.4, 0.5) is 0 Å². The summed E-state index contributed by atoms with van der Waals surface area (Å²) in [4.78, 5) is 11.8. The first-order valence-corrected chi connectivity index (χ1v) is 7.16. The van der Waals surface area contributed by atoms with E-state index in [1.54, 1.807) is 0 Å². The molecule has 0 radical (unpaired) electrons. The van der Waals surface area contributed by atoms with Crippen LogP contribution in [0.15, 0.2) is 0 Å². The van der Waals surface area contributed by atoms with Gasteiger partial charge in [0.1, 0.15) is 6.10 Å². The molecule has 0 saturated carbocycles. The summed E-state index contributed by atoms with van der Waals surface area (Å²) in [6.45, 7) is 5.52. The summed E-state index contributed by atoms with van der Waals surface area (Å²) < 4.78 is 5.43. The minimum atomic E-state index is -0.255. The van der Waals surface area contributed by atoms with Crippen molar-refractivity contribution in [1.82, 2.24) is 5.32 Å². The van der Waals surface area contributed by atoms with Gasteiger partial charge in [-0.25, -0.2) is 0 Å². The summed E-state index contributed by atoms with van der Waals surface area (Å²) in [7, 11) is 0. The zero-order valence-corrected chi connectivity index (χ0v) is 11.6. The molecule has 0 aliphatic carbocycles. The van der Waals surface area contributed by atoms with Gasteiger partial charge in [0.2, 0.25) is 5.91 Å². The van der Waals surface area contributed by atoms with Crippen LogP contribution in [-0.4, -0.2) is 30.5 Å². The molecule has 3 nitrogen and oxygen atoms in total. The molecule has 0 aromatic carbocycles. The number of halogens is 1. The lowest BCUT2D eigenvalue weighted by atomic mass is 9.99. The van der Waals surface area contributed by atoms with Crippen LogP contribution < -0.4 is 5.32 Å². The molecule has 1 aliphatic rings. The fraction of sp³-hybridized carbons (Fsp3) is 0.923. The van der Waals surface area contributed by atoms with E-state index < -0.39 is 0 Å². The number of alkyl halides is 1. The van der Waals surface area contributed by atoms with Crippen LogP contribution in [-0.2, 0) is 9.53 Å². The summed E-state index contributed by atoms with van der Waals surface area (Å²) in [5.41, 5.74) is 0. The summed E-state index contributed by atoms with van der Waals surface area (Å²) in [5, 5.41) is 2.93. The van der Waals surface area contributed by atoms with Gasteiger partial charge >= 0.3 is 0 Å². The van der Waals surface area contributed by atoms with Crippen LogP contribution >= 0.6 is 11.6 Å². The van der Waals surface area contributed by atoms with E-state index in [-0.39, 0.29) is 17.4 Å². The zero-order valence-electron chi connectivity index (χ0n) is 10.9. The second kappa shape index (κ2) is 7.93. The molecule has 2 atom stereocenters. The van der Waals surface area contributed by atoms with Crippen LogP contribution in [0.2, 0.25) is 0 Å². The van der Waals surface area contributed by atoms with E-state index in [4.69, 9.17) is 16.3 Å². The number of ether oxygens (including phenoxy) is 1. The van der Waals surface area contributed by atoms with Crippen molar-refractivity contribution >= 4 is 17.5 Å². The Bertz CT molecular complexity index is 225. The predicted octanol–water partition coefficient (Wildman–Crippen LogP) is 2.72. The van der Waals surface area contributed by atoms with E-state index in [1.807, 2.05) is 0 Å². The average Bonchev–Trinajstić information content (AvgIpc) is 2.38. The first kappa shape index (κ1) is 14.8. The van der Waals surface area contributed by atoms with E-state index in [1.165, 1.54) is 0 Å². The zero-order chi connectivity index (χ0) is 12.7. The maximum atomic E-state index is 11.8. The smallest absolute Gasteiger partial charge is 0.249 e. The molecular weight excluding hydrogens is 238 g/mol.